The Morgan fingerprint density at radius 1 is 1.41 bits per heavy atom. The molecule has 0 saturated carbocycles. The Morgan fingerprint density at radius 3 is 2.94 bits per heavy atom. The van der Waals surface area contributed by atoms with E-state index in [0.717, 1.165) is 23.8 Å². The van der Waals surface area contributed by atoms with Gasteiger partial charge in [-0.2, -0.15) is 0 Å². The Kier molecular flexibility index (Phi) is 3.42. The van der Waals surface area contributed by atoms with Gasteiger partial charge in [0.25, 0.3) is 0 Å². The second-order valence-corrected chi connectivity index (χ2v) is 3.99. The van der Waals surface area contributed by atoms with Crippen molar-refractivity contribution in [3.8, 4) is 0 Å². The largest absolute Gasteiger partial charge is 0.356 e. The van der Waals surface area contributed by atoms with Crippen molar-refractivity contribution in [1.82, 2.24) is 9.55 Å². The molecule has 1 aromatic heterocycles. The molecule has 0 atom stereocenters. The lowest BCUT2D eigenvalue weighted by atomic mass is 10.2. The van der Waals surface area contributed by atoms with Crippen molar-refractivity contribution < 1.29 is 4.39 Å². The Labute approximate surface area is 100 Å². The molecule has 0 saturated heterocycles. The van der Waals surface area contributed by atoms with Gasteiger partial charge < -0.3 is 9.88 Å². The lowest BCUT2D eigenvalue weighted by Crippen LogP contribution is -2.07. The molecule has 0 spiro atoms. The number of halogens is 1. The van der Waals surface area contributed by atoms with Gasteiger partial charge in [-0.15, -0.1) is 0 Å². The number of imidazole rings is 1. The van der Waals surface area contributed by atoms with E-state index in [1.165, 1.54) is 6.07 Å². The van der Waals surface area contributed by atoms with Crippen molar-refractivity contribution in [2.75, 3.05) is 11.9 Å². The summed E-state index contributed by atoms with van der Waals surface area (Å²) in [5.74, 6) is 0.624. The highest BCUT2D eigenvalue weighted by Crippen LogP contribution is 2.12. The number of anilines is 1. The molecule has 0 aliphatic heterocycles. The quantitative estimate of drug-likeness (QED) is 0.880. The van der Waals surface area contributed by atoms with Crippen molar-refractivity contribution in [2.45, 2.75) is 20.4 Å². The van der Waals surface area contributed by atoms with Gasteiger partial charge in [0.1, 0.15) is 5.82 Å². The average Bonchev–Trinajstić information content (AvgIpc) is 2.59. The molecular formula is C13H16FN3. The van der Waals surface area contributed by atoms with Gasteiger partial charge in [0, 0.05) is 12.7 Å². The van der Waals surface area contributed by atoms with E-state index in [9.17, 15) is 4.39 Å². The number of rotatable bonds is 4. The van der Waals surface area contributed by atoms with E-state index >= 15 is 0 Å². The molecule has 90 valence electrons. The highest BCUT2D eigenvalue weighted by Gasteiger charge is 2.05. The number of hydrogen-bond acceptors (Lipinski definition) is 2. The fraction of sp³-hybridized carbons (Fsp3) is 0.308. The summed E-state index contributed by atoms with van der Waals surface area (Å²) in [4.78, 5) is 4.38. The molecule has 3 nitrogen and oxygen atoms in total. The fourth-order valence-corrected chi connectivity index (χ4v) is 1.80. The van der Waals surface area contributed by atoms with Crippen LogP contribution in [0, 0.1) is 12.7 Å². The highest BCUT2D eigenvalue weighted by molar-refractivity contribution is 5.30. The van der Waals surface area contributed by atoms with Crippen molar-refractivity contribution >= 4 is 5.95 Å². The molecule has 1 aromatic carbocycles. The van der Waals surface area contributed by atoms with Gasteiger partial charge >= 0.3 is 0 Å². The van der Waals surface area contributed by atoms with Gasteiger partial charge in [-0.25, -0.2) is 9.37 Å². The van der Waals surface area contributed by atoms with Crippen molar-refractivity contribution in [3.63, 3.8) is 0 Å². The number of nitrogens with zero attached hydrogens (tertiary/aromatic N) is 2. The zero-order valence-corrected chi connectivity index (χ0v) is 10.1. The van der Waals surface area contributed by atoms with Gasteiger partial charge in [-0.3, -0.25) is 0 Å². The summed E-state index contributed by atoms with van der Waals surface area (Å²) in [7, 11) is 0. The maximum Gasteiger partial charge on any atom is 0.203 e. The van der Waals surface area contributed by atoms with Crippen LogP contribution in [0.2, 0.25) is 0 Å². The van der Waals surface area contributed by atoms with E-state index in [1.807, 2.05) is 30.7 Å². The molecule has 2 rings (SSSR count). The standard InChI is InChI=1S/C13H16FN3/c1-3-15-13-16-10(2)8-17(13)9-11-5-4-6-12(14)7-11/h4-8H,3,9H2,1-2H3,(H,15,16). The van der Waals surface area contributed by atoms with E-state index in [4.69, 9.17) is 0 Å². The van der Waals surface area contributed by atoms with Gasteiger partial charge in [0.2, 0.25) is 5.95 Å². The monoisotopic (exact) mass is 233 g/mol. The van der Waals surface area contributed by atoms with Crippen molar-refractivity contribution in [1.29, 1.82) is 0 Å². The molecule has 2 aromatic rings. The Hall–Kier alpha value is -1.84. The molecule has 0 aliphatic carbocycles. The first kappa shape index (κ1) is 11.6. The van der Waals surface area contributed by atoms with Gasteiger partial charge in [-0.1, -0.05) is 12.1 Å². The van der Waals surface area contributed by atoms with E-state index in [-0.39, 0.29) is 5.82 Å². The lowest BCUT2D eigenvalue weighted by molar-refractivity contribution is 0.623. The van der Waals surface area contributed by atoms with Crippen LogP contribution in [0.25, 0.3) is 0 Å². The van der Waals surface area contributed by atoms with Crippen LogP contribution < -0.4 is 5.32 Å². The predicted octanol–water partition coefficient (Wildman–Crippen LogP) is 2.81. The number of aryl methyl sites for hydroxylation is 1. The molecule has 0 bridgehead atoms. The van der Waals surface area contributed by atoms with Crippen molar-refractivity contribution in [3.05, 3.63) is 47.5 Å². The molecule has 4 heteroatoms. The summed E-state index contributed by atoms with van der Waals surface area (Å²) in [6.45, 7) is 5.42. The predicted molar refractivity (Wildman–Crippen MR) is 66.6 cm³/mol. The first-order valence-corrected chi connectivity index (χ1v) is 5.71. The average molecular weight is 233 g/mol. The number of aromatic nitrogens is 2. The summed E-state index contributed by atoms with van der Waals surface area (Å²) in [5.41, 5.74) is 1.89. The molecule has 0 aliphatic rings. The summed E-state index contributed by atoms with van der Waals surface area (Å²) in [6, 6.07) is 6.63. The zero-order valence-electron chi connectivity index (χ0n) is 10.1. The summed E-state index contributed by atoms with van der Waals surface area (Å²) in [5, 5.41) is 3.19. The van der Waals surface area contributed by atoms with E-state index in [2.05, 4.69) is 10.3 Å². The van der Waals surface area contributed by atoms with Crippen LogP contribution in [0.4, 0.5) is 10.3 Å². The van der Waals surface area contributed by atoms with E-state index in [0.29, 0.717) is 6.54 Å². The Morgan fingerprint density at radius 2 is 2.24 bits per heavy atom. The maximum absolute atomic E-state index is 13.1. The van der Waals surface area contributed by atoms with Crippen LogP contribution in [-0.2, 0) is 6.54 Å². The second-order valence-electron chi connectivity index (χ2n) is 3.99. The van der Waals surface area contributed by atoms with Crippen LogP contribution in [0.3, 0.4) is 0 Å². The minimum atomic E-state index is -0.204. The molecule has 17 heavy (non-hydrogen) atoms. The van der Waals surface area contributed by atoms with Crippen LogP contribution in [0.15, 0.2) is 30.5 Å². The van der Waals surface area contributed by atoms with Crippen molar-refractivity contribution in [2.24, 2.45) is 0 Å². The summed E-state index contributed by atoms with van der Waals surface area (Å²) < 4.78 is 15.1. The lowest BCUT2D eigenvalue weighted by Gasteiger charge is -2.08. The second kappa shape index (κ2) is 4.99. The first-order chi connectivity index (χ1) is 8.19. The third kappa shape index (κ3) is 2.84. The minimum Gasteiger partial charge on any atom is -0.356 e. The number of hydrogen-bond donors (Lipinski definition) is 1. The molecule has 0 radical (unpaired) electrons. The number of nitrogens with one attached hydrogen (secondary N) is 1. The topological polar surface area (TPSA) is 29.9 Å². The molecule has 0 unspecified atom stereocenters. The molecule has 1 N–H and O–H groups in total. The molecule has 0 fully saturated rings. The number of benzene rings is 1. The van der Waals surface area contributed by atoms with Crippen LogP contribution in [0.5, 0.6) is 0 Å². The third-order valence-electron chi connectivity index (χ3n) is 2.47. The molecule has 1 heterocycles. The van der Waals surface area contributed by atoms with Crippen LogP contribution >= 0.6 is 0 Å². The van der Waals surface area contributed by atoms with Gasteiger partial charge in [0.05, 0.1) is 12.2 Å². The van der Waals surface area contributed by atoms with Gasteiger partial charge in [-0.05, 0) is 31.5 Å². The highest BCUT2D eigenvalue weighted by atomic mass is 19.1. The summed E-state index contributed by atoms with van der Waals surface area (Å²) >= 11 is 0. The Bertz CT molecular complexity index is 505. The minimum absolute atomic E-state index is 0.204. The molecular weight excluding hydrogens is 217 g/mol. The first-order valence-electron chi connectivity index (χ1n) is 5.71. The van der Waals surface area contributed by atoms with E-state index in [1.54, 1.807) is 12.1 Å². The maximum atomic E-state index is 13.1. The normalized spacial score (nSPS) is 10.5. The summed E-state index contributed by atoms with van der Waals surface area (Å²) in [6.07, 6.45) is 1.96. The SMILES string of the molecule is CCNc1nc(C)cn1Cc1cccc(F)c1. The zero-order chi connectivity index (χ0) is 12.3. The van der Waals surface area contributed by atoms with Crippen LogP contribution in [-0.4, -0.2) is 16.1 Å². The molecule has 0 amide bonds. The third-order valence-corrected chi connectivity index (χ3v) is 2.47. The fourth-order valence-electron chi connectivity index (χ4n) is 1.80. The van der Waals surface area contributed by atoms with Gasteiger partial charge in [0.15, 0.2) is 0 Å². The van der Waals surface area contributed by atoms with Crippen LogP contribution in [0.1, 0.15) is 18.2 Å². The van der Waals surface area contributed by atoms with E-state index < -0.39 is 0 Å². The smallest absolute Gasteiger partial charge is 0.203 e. The Balaban J connectivity index is 2.23.